The molecule has 3 unspecified atom stereocenters. The van der Waals surface area contributed by atoms with E-state index in [0.717, 1.165) is 25.9 Å². The van der Waals surface area contributed by atoms with Crippen molar-refractivity contribution in [3.8, 4) is 0 Å². The summed E-state index contributed by atoms with van der Waals surface area (Å²) in [5, 5.41) is 0. The minimum absolute atomic E-state index is 0.0290. The van der Waals surface area contributed by atoms with E-state index in [1.165, 1.54) is 11.1 Å². The van der Waals surface area contributed by atoms with Crippen molar-refractivity contribution in [3.05, 3.63) is 35.4 Å². The molecule has 0 amide bonds. The van der Waals surface area contributed by atoms with Gasteiger partial charge < -0.3 is 15.2 Å². The monoisotopic (exact) mass is 263 g/mol. The molecule has 1 heterocycles. The van der Waals surface area contributed by atoms with Crippen molar-refractivity contribution < 1.29 is 9.47 Å². The summed E-state index contributed by atoms with van der Waals surface area (Å²) >= 11 is 0. The summed E-state index contributed by atoms with van der Waals surface area (Å²) in [7, 11) is 1.74. The quantitative estimate of drug-likeness (QED) is 0.888. The molecule has 0 saturated carbocycles. The zero-order valence-electron chi connectivity index (χ0n) is 12.2. The molecular formula is C16H25NO2. The van der Waals surface area contributed by atoms with E-state index in [2.05, 4.69) is 38.1 Å². The average Bonchev–Trinajstić information content (AvgIpc) is 2.46. The molecule has 0 aliphatic carbocycles. The average molecular weight is 263 g/mol. The second-order valence-electron chi connectivity index (χ2n) is 5.52. The predicted octanol–water partition coefficient (Wildman–Crippen LogP) is 2.83. The SMILES string of the molecule is CCC(C)(OC)C(N)CC1OCCc2ccccc21. The Kier molecular flexibility index (Phi) is 4.61. The van der Waals surface area contributed by atoms with Crippen molar-refractivity contribution >= 4 is 0 Å². The number of benzene rings is 1. The molecule has 3 nitrogen and oxygen atoms in total. The normalized spacial score (nSPS) is 23.5. The number of hydrogen-bond donors (Lipinski definition) is 1. The van der Waals surface area contributed by atoms with Crippen molar-refractivity contribution in [3.63, 3.8) is 0 Å². The van der Waals surface area contributed by atoms with Gasteiger partial charge in [-0.15, -0.1) is 0 Å². The van der Waals surface area contributed by atoms with E-state index in [1.54, 1.807) is 7.11 Å². The lowest BCUT2D eigenvalue weighted by molar-refractivity contribution is -0.0434. The fraction of sp³-hybridized carbons (Fsp3) is 0.625. The highest BCUT2D eigenvalue weighted by Gasteiger charge is 2.33. The van der Waals surface area contributed by atoms with Crippen LogP contribution in [0.5, 0.6) is 0 Å². The largest absolute Gasteiger partial charge is 0.377 e. The Labute approximate surface area is 116 Å². The van der Waals surface area contributed by atoms with Crippen LogP contribution in [0.4, 0.5) is 0 Å². The molecule has 0 saturated heterocycles. The van der Waals surface area contributed by atoms with Gasteiger partial charge in [-0.1, -0.05) is 31.2 Å². The van der Waals surface area contributed by atoms with E-state index in [9.17, 15) is 0 Å². The van der Waals surface area contributed by atoms with Crippen LogP contribution >= 0.6 is 0 Å². The van der Waals surface area contributed by atoms with Crippen LogP contribution in [0.25, 0.3) is 0 Å². The van der Waals surface area contributed by atoms with Gasteiger partial charge in [-0.25, -0.2) is 0 Å². The molecule has 19 heavy (non-hydrogen) atoms. The van der Waals surface area contributed by atoms with E-state index in [4.69, 9.17) is 15.2 Å². The van der Waals surface area contributed by atoms with E-state index in [1.807, 2.05) is 0 Å². The van der Waals surface area contributed by atoms with Crippen LogP contribution in [0.3, 0.4) is 0 Å². The van der Waals surface area contributed by atoms with Gasteiger partial charge in [-0.2, -0.15) is 0 Å². The Morgan fingerprint density at radius 1 is 1.47 bits per heavy atom. The van der Waals surface area contributed by atoms with Crippen molar-refractivity contribution in [1.82, 2.24) is 0 Å². The van der Waals surface area contributed by atoms with Crippen LogP contribution in [0, 0.1) is 0 Å². The smallest absolute Gasteiger partial charge is 0.0843 e. The molecule has 0 radical (unpaired) electrons. The van der Waals surface area contributed by atoms with Crippen LogP contribution in [-0.4, -0.2) is 25.4 Å². The molecule has 3 atom stereocenters. The van der Waals surface area contributed by atoms with Crippen molar-refractivity contribution in [2.24, 2.45) is 5.73 Å². The Bertz CT molecular complexity index is 415. The Morgan fingerprint density at radius 2 is 2.21 bits per heavy atom. The topological polar surface area (TPSA) is 44.5 Å². The van der Waals surface area contributed by atoms with Gasteiger partial charge in [0.05, 0.1) is 18.3 Å². The predicted molar refractivity (Wildman–Crippen MR) is 77.1 cm³/mol. The number of hydrogen-bond acceptors (Lipinski definition) is 3. The van der Waals surface area contributed by atoms with Crippen LogP contribution in [0.2, 0.25) is 0 Å². The summed E-state index contributed by atoms with van der Waals surface area (Å²) in [5.41, 5.74) is 8.76. The van der Waals surface area contributed by atoms with Crippen LogP contribution in [0.15, 0.2) is 24.3 Å². The van der Waals surface area contributed by atoms with Gasteiger partial charge in [0.1, 0.15) is 0 Å². The first-order valence-electron chi connectivity index (χ1n) is 7.11. The number of rotatable bonds is 5. The van der Waals surface area contributed by atoms with E-state index < -0.39 is 0 Å². The maximum atomic E-state index is 6.36. The Morgan fingerprint density at radius 3 is 2.89 bits per heavy atom. The van der Waals surface area contributed by atoms with Crippen LogP contribution in [0.1, 0.15) is 43.9 Å². The summed E-state index contributed by atoms with van der Waals surface area (Å²) < 4.78 is 11.5. The standard InChI is InChI=1S/C16H25NO2/c1-4-16(2,18-3)15(17)11-14-13-8-6-5-7-12(13)9-10-19-14/h5-8,14-15H,4,9-11,17H2,1-3H3. The lowest BCUT2D eigenvalue weighted by atomic mass is 9.86. The van der Waals surface area contributed by atoms with Crippen molar-refractivity contribution in [2.45, 2.75) is 50.9 Å². The highest BCUT2D eigenvalue weighted by molar-refractivity contribution is 5.31. The molecular weight excluding hydrogens is 238 g/mol. The van der Waals surface area contributed by atoms with Crippen LogP contribution in [-0.2, 0) is 15.9 Å². The van der Waals surface area contributed by atoms with Gasteiger partial charge in [-0.3, -0.25) is 0 Å². The lowest BCUT2D eigenvalue weighted by Crippen LogP contribution is -2.47. The van der Waals surface area contributed by atoms with E-state index in [0.29, 0.717) is 0 Å². The number of methoxy groups -OCH3 is 1. The third-order valence-corrected chi connectivity index (χ3v) is 4.51. The van der Waals surface area contributed by atoms with Crippen LogP contribution < -0.4 is 5.73 Å². The third kappa shape index (κ3) is 2.99. The highest BCUT2D eigenvalue weighted by Crippen LogP contribution is 2.33. The molecule has 1 aromatic rings. The minimum Gasteiger partial charge on any atom is -0.377 e. The van der Waals surface area contributed by atoms with Gasteiger partial charge in [-0.05, 0) is 37.3 Å². The molecule has 1 aliphatic rings. The first-order valence-corrected chi connectivity index (χ1v) is 7.11. The third-order valence-electron chi connectivity index (χ3n) is 4.51. The molecule has 0 spiro atoms. The second-order valence-corrected chi connectivity index (χ2v) is 5.52. The maximum Gasteiger partial charge on any atom is 0.0843 e. The summed E-state index contributed by atoms with van der Waals surface area (Å²) in [6, 6.07) is 8.47. The van der Waals surface area contributed by atoms with Crippen molar-refractivity contribution in [2.75, 3.05) is 13.7 Å². The summed E-state index contributed by atoms with van der Waals surface area (Å²) in [4.78, 5) is 0. The molecule has 0 aromatic heterocycles. The first kappa shape index (κ1) is 14.5. The summed E-state index contributed by atoms with van der Waals surface area (Å²) in [5.74, 6) is 0. The van der Waals surface area contributed by atoms with E-state index in [-0.39, 0.29) is 17.7 Å². The molecule has 2 N–H and O–H groups in total. The zero-order chi connectivity index (χ0) is 13.9. The minimum atomic E-state index is -0.282. The number of fused-ring (bicyclic) bond motifs is 1. The van der Waals surface area contributed by atoms with Gasteiger partial charge >= 0.3 is 0 Å². The Hall–Kier alpha value is -0.900. The molecule has 1 aliphatic heterocycles. The Balaban J connectivity index is 2.12. The van der Waals surface area contributed by atoms with Gasteiger partial charge in [0.2, 0.25) is 0 Å². The van der Waals surface area contributed by atoms with Gasteiger partial charge in [0.15, 0.2) is 0 Å². The fourth-order valence-electron chi connectivity index (χ4n) is 2.71. The molecule has 0 fully saturated rings. The van der Waals surface area contributed by atoms with Crippen molar-refractivity contribution in [1.29, 1.82) is 0 Å². The molecule has 3 heteroatoms. The molecule has 106 valence electrons. The summed E-state index contributed by atoms with van der Waals surface area (Å²) in [6.07, 6.45) is 2.80. The maximum absolute atomic E-state index is 6.36. The van der Waals surface area contributed by atoms with Gasteiger partial charge in [0.25, 0.3) is 0 Å². The second kappa shape index (κ2) is 6.04. The van der Waals surface area contributed by atoms with Gasteiger partial charge in [0, 0.05) is 13.2 Å². The number of nitrogens with two attached hydrogens (primary N) is 1. The number of ether oxygens (including phenoxy) is 2. The molecule has 1 aromatic carbocycles. The lowest BCUT2D eigenvalue weighted by Gasteiger charge is -2.36. The molecule has 2 rings (SSSR count). The molecule has 0 bridgehead atoms. The highest BCUT2D eigenvalue weighted by atomic mass is 16.5. The first-order chi connectivity index (χ1) is 9.10. The van der Waals surface area contributed by atoms with E-state index >= 15 is 0 Å². The fourth-order valence-corrected chi connectivity index (χ4v) is 2.71. The summed E-state index contributed by atoms with van der Waals surface area (Å²) in [6.45, 7) is 4.97. The zero-order valence-corrected chi connectivity index (χ0v) is 12.2.